The molecule has 2 heterocycles. The van der Waals surface area contributed by atoms with Crippen LogP contribution in [0.3, 0.4) is 0 Å². The lowest BCUT2D eigenvalue weighted by Gasteiger charge is -2.13. The standard InChI is InChI=1S/C23H19FN2O4/c1-12(2)16(20-22(28)26-23(29)30-20)11-15-8-9-19(25-21(15)27)14-7-6-13-4-3-5-18(24)17(13)10-14/h3-10,12H,11H2,1-2H3,(H,25,27)(H,26,28,29). The summed E-state index contributed by atoms with van der Waals surface area (Å²) < 4.78 is 19.1. The number of hydrogen-bond donors (Lipinski definition) is 2. The van der Waals surface area contributed by atoms with Gasteiger partial charge < -0.3 is 9.72 Å². The molecule has 2 aromatic carbocycles. The lowest BCUT2D eigenvalue weighted by molar-refractivity contribution is -0.116. The molecule has 6 nitrogen and oxygen atoms in total. The minimum absolute atomic E-state index is 0.0523. The van der Waals surface area contributed by atoms with Crippen LogP contribution in [0.25, 0.3) is 22.0 Å². The molecule has 1 aromatic heterocycles. The minimum atomic E-state index is -0.819. The highest BCUT2D eigenvalue weighted by Crippen LogP contribution is 2.26. The molecule has 0 spiro atoms. The summed E-state index contributed by atoms with van der Waals surface area (Å²) in [4.78, 5) is 38.8. The van der Waals surface area contributed by atoms with Gasteiger partial charge in [0.25, 0.3) is 11.5 Å². The van der Waals surface area contributed by atoms with Gasteiger partial charge in [0.2, 0.25) is 0 Å². The summed E-state index contributed by atoms with van der Waals surface area (Å²) in [5.41, 5.74) is 1.90. The SMILES string of the molecule is CC(C)C(Cc1ccc(-c2ccc3cccc(F)c3c2)[nH]c1=O)=C1OC(=O)NC1=O. The van der Waals surface area contributed by atoms with Crippen molar-refractivity contribution in [2.75, 3.05) is 0 Å². The van der Waals surface area contributed by atoms with E-state index in [0.29, 0.717) is 27.8 Å². The van der Waals surface area contributed by atoms with Crippen LogP contribution in [-0.2, 0) is 16.0 Å². The molecule has 2 amide bonds. The van der Waals surface area contributed by atoms with Gasteiger partial charge >= 0.3 is 6.09 Å². The first kappa shape index (κ1) is 19.6. The molecule has 0 radical (unpaired) electrons. The quantitative estimate of drug-likeness (QED) is 0.640. The maximum absolute atomic E-state index is 14.1. The van der Waals surface area contributed by atoms with Gasteiger partial charge in [0, 0.05) is 23.1 Å². The summed E-state index contributed by atoms with van der Waals surface area (Å²) in [6.45, 7) is 3.71. The van der Waals surface area contributed by atoms with Crippen molar-refractivity contribution >= 4 is 22.8 Å². The van der Waals surface area contributed by atoms with Crippen molar-refractivity contribution < 1.29 is 18.7 Å². The largest absolute Gasteiger partial charge is 0.419 e. The first-order valence-electron chi connectivity index (χ1n) is 9.50. The third-order valence-corrected chi connectivity index (χ3v) is 5.12. The number of H-pyrrole nitrogens is 1. The molecule has 0 atom stereocenters. The number of allylic oxidation sites excluding steroid dienone is 1. The highest BCUT2D eigenvalue weighted by atomic mass is 19.1. The average molecular weight is 406 g/mol. The van der Waals surface area contributed by atoms with E-state index < -0.39 is 12.0 Å². The Morgan fingerprint density at radius 1 is 1.07 bits per heavy atom. The van der Waals surface area contributed by atoms with Crippen molar-refractivity contribution in [1.29, 1.82) is 0 Å². The van der Waals surface area contributed by atoms with Gasteiger partial charge in [-0.05, 0) is 40.6 Å². The van der Waals surface area contributed by atoms with Gasteiger partial charge in [0.1, 0.15) is 5.82 Å². The topological polar surface area (TPSA) is 88.3 Å². The lowest BCUT2D eigenvalue weighted by Crippen LogP contribution is -2.20. The van der Waals surface area contributed by atoms with Gasteiger partial charge in [-0.25, -0.2) is 9.18 Å². The number of aromatic amines is 1. The number of halogens is 1. The number of aromatic nitrogens is 1. The molecular weight excluding hydrogens is 387 g/mol. The second-order valence-corrected chi connectivity index (χ2v) is 7.43. The molecule has 7 heteroatoms. The molecule has 3 aromatic rings. The zero-order valence-corrected chi connectivity index (χ0v) is 16.4. The molecule has 1 aliphatic heterocycles. The first-order chi connectivity index (χ1) is 14.3. The molecule has 0 bridgehead atoms. The summed E-state index contributed by atoms with van der Waals surface area (Å²) in [7, 11) is 0. The number of cyclic esters (lactones) is 1. The Morgan fingerprint density at radius 3 is 2.53 bits per heavy atom. The number of nitrogens with one attached hydrogen (secondary N) is 2. The Kier molecular flexibility index (Phi) is 4.95. The van der Waals surface area contributed by atoms with Crippen LogP contribution >= 0.6 is 0 Å². The van der Waals surface area contributed by atoms with E-state index in [1.807, 2.05) is 26.0 Å². The van der Waals surface area contributed by atoms with E-state index in [2.05, 4.69) is 10.3 Å². The van der Waals surface area contributed by atoms with Crippen LogP contribution in [0.15, 0.2) is 64.7 Å². The molecular formula is C23H19FN2O4. The van der Waals surface area contributed by atoms with Gasteiger partial charge in [0.05, 0.1) is 0 Å². The second-order valence-electron chi connectivity index (χ2n) is 7.43. The van der Waals surface area contributed by atoms with E-state index in [0.717, 1.165) is 5.39 Å². The predicted octanol–water partition coefficient (Wildman–Crippen LogP) is 4.05. The minimum Gasteiger partial charge on any atom is -0.404 e. The van der Waals surface area contributed by atoms with Crippen LogP contribution in [0.4, 0.5) is 9.18 Å². The second kappa shape index (κ2) is 7.59. The number of ether oxygens (including phenoxy) is 1. The van der Waals surface area contributed by atoms with Gasteiger partial charge in [0.15, 0.2) is 5.76 Å². The molecule has 4 rings (SSSR count). The van der Waals surface area contributed by atoms with E-state index in [-0.39, 0.29) is 29.5 Å². The molecule has 0 saturated carbocycles. The number of rotatable bonds is 4. The van der Waals surface area contributed by atoms with Gasteiger partial charge in [-0.2, -0.15) is 0 Å². The van der Waals surface area contributed by atoms with E-state index in [1.165, 1.54) is 6.07 Å². The fourth-order valence-electron chi connectivity index (χ4n) is 3.49. The number of fused-ring (bicyclic) bond motifs is 1. The van der Waals surface area contributed by atoms with E-state index in [4.69, 9.17) is 4.74 Å². The van der Waals surface area contributed by atoms with Crippen LogP contribution in [-0.4, -0.2) is 17.0 Å². The Balaban J connectivity index is 1.69. The molecule has 0 aliphatic carbocycles. The van der Waals surface area contributed by atoms with Crippen LogP contribution in [0, 0.1) is 11.7 Å². The van der Waals surface area contributed by atoms with Crippen LogP contribution in [0.1, 0.15) is 19.4 Å². The van der Waals surface area contributed by atoms with Crippen molar-refractivity contribution in [2.24, 2.45) is 5.92 Å². The smallest absolute Gasteiger partial charge is 0.404 e. The monoisotopic (exact) mass is 406 g/mol. The third kappa shape index (κ3) is 3.61. The summed E-state index contributed by atoms with van der Waals surface area (Å²) in [6, 6.07) is 13.6. The average Bonchev–Trinajstić information content (AvgIpc) is 3.04. The maximum Gasteiger partial charge on any atom is 0.419 e. The zero-order valence-electron chi connectivity index (χ0n) is 16.4. The molecule has 1 saturated heterocycles. The zero-order chi connectivity index (χ0) is 21.4. The van der Waals surface area contributed by atoms with Crippen molar-refractivity contribution in [3.63, 3.8) is 0 Å². The fourth-order valence-corrected chi connectivity index (χ4v) is 3.49. The summed E-state index contributed by atoms with van der Waals surface area (Å²) >= 11 is 0. The number of amides is 2. The molecule has 1 aliphatic rings. The molecule has 152 valence electrons. The van der Waals surface area contributed by atoms with Gasteiger partial charge in [-0.3, -0.25) is 14.9 Å². The number of benzene rings is 2. The number of carbonyl (C=O) groups is 2. The molecule has 0 unspecified atom stereocenters. The normalized spacial score (nSPS) is 15.5. The maximum atomic E-state index is 14.1. The molecule has 2 N–H and O–H groups in total. The lowest BCUT2D eigenvalue weighted by atomic mass is 9.94. The highest BCUT2D eigenvalue weighted by Gasteiger charge is 2.30. The van der Waals surface area contributed by atoms with Crippen molar-refractivity contribution in [1.82, 2.24) is 10.3 Å². The summed E-state index contributed by atoms with van der Waals surface area (Å²) in [5.74, 6) is -1.09. The fraction of sp³-hybridized carbons (Fsp3) is 0.174. The van der Waals surface area contributed by atoms with Crippen molar-refractivity contribution in [3.8, 4) is 11.3 Å². The number of hydrogen-bond acceptors (Lipinski definition) is 4. The van der Waals surface area contributed by atoms with Crippen LogP contribution in [0.2, 0.25) is 0 Å². The van der Waals surface area contributed by atoms with E-state index >= 15 is 0 Å². The summed E-state index contributed by atoms with van der Waals surface area (Å²) in [6.07, 6.45) is -0.656. The molecule has 30 heavy (non-hydrogen) atoms. The van der Waals surface area contributed by atoms with Gasteiger partial charge in [-0.15, -0.1) is 0 Å². The van der Waals surface area contributed by atoms with Crippen LogP contribution < -0.4 is 10.9 Å². The van der Waals surface area contributed by atoms with E-state index in [1.54, 1.807) is 30.3 Å². The molecule has 1 fully saturated rings. The Hall–Kier alpha value is -3.74. The number of imide groups is 1. The Morgan fingerprint density at radius 2 is 1.87 bits per heavy atom. The Labute approximate surface area is 171 Å². The Bertz CT molecular complexity index is 1270. The van der Waals surface area contributed by atoms with Crippen molar-refractivity contribution in [3.05, 3.63) is 81.6 Å². The number of pyridine rings is 1. The highest BCUT2D eigenvalue weighted by molar-refractivity contribution is 6.07. The van der Waals surface area contributed by atoms with E-state index in [9.17, 15) is 18.8 Å². The summed E-state index contributed by atoms with van der Waals surface area (Å²) in [5, 5.41) is 3.32. The van der Waals surface area contributed by atoms with Crippen molar-refractivity contribution in [2.45, 2.75) is 20.3 Å². The third-order valence-electron chi connectivity index (χ3n) is 5.12. The number of carbonyl (C=O) groups excluding carboxylic acids is 2. The van der Waals surface area contributed by atoms with Crippen LogP contribution in [0.5, 0.6) is 0 Å². The number of alkyl carbamates (subject to hydrolysis) is 1. The first-order valence-corrected chi connectivity index (χ1v) is 9.50. The van der Waals surface area contributed by atoms with Gasteiger partial charge in [-0.1, -0.05) is 44.2 Å². The predicted molar refractivity (Wildman–Crippen MR) is 110 cm³/mol.